The zero-order valence-electron chi connectivity index (χ0n) is 8.71. The Bertz CT molecular complexity index is 230. The normalized spacial score (nSPS) is 28.8. The van der Waals surface area contributed by atoms with E-state index in [1.807, 2.05) is 0 Å². The average Bonchev–Trinajstić information content (AvgIpc) is 2.03. The van der Waals surface area contributed by atoms with Crippen LogP contribution < -0.4 is 5.73 Å². The number of hydrogen-bond donors (Lipinski definition) is 1. The van der Waals surface area contributed by atoms with Crippen molar-refractivity contribution in [3.63, 3.8) is 0 Å². The van der Waals surface area contributed by atoms with Crippen LogP contribution in [0.3, 0.4) is 0 Å². The molecule has 0 saturated heterocycles. The van der Waals surface area contributed by atoms with Crippen LogP contribution in [-0.2, 0) is 4.79 Å². The molecule has 74 valence electrons. The van der Waals surface area contributed by atoms with Crippen molar-refractivity contribution >= 4 is 5.91 Å². The molecule has 2 unspecified atom stereocenters. The number of hydrogen-bond acceptors (Lipinski definition) is 1. The molecule has 0 fully saturated rings. The molecule has 0 aromatic carbocycles. The van der Waals surface area contributed by atoms with Crippen molar-refractivity contribution in [1.29, 1.82) is 0 Å². The van der Waals surface area contributed by atoms with Gasteiger partial charge in [0.2, 0.25) is 5.91 Å². The summed E-state index contributed by atoms with van der Waals surface area (Å²) in [7, 11) is 0. The van der Waals surface area contributed by atoms with Gasteiger partial charge in [0.05, 0.1) is 5.92 Å². The third-order valence-electron chi connectivity index (χ3n) is 2.98. The first kappa shape index (κ1) is 10.3. The molecule has 0 heterocycles. The quantitative estimate of drug-likeness (QED) is 0.651. The van der Waals surface area contributed by atoms with Gasteiger partial charge in [0.15, 0.2) is 0 Å². The molecule has 1 rings (SSSR count). The second-order valence-electron chi connectivity index (χ2n) is 4.39. The SMILES string of the molecule is CC1=CC(C(N)=O)C(C(C)C)CC1. The first-order chi connectivity index (χ1) is 6.02. The number of carbonyl (C=O) groups is 1. The van der Waals surface area contributed by atoms with Crippen LogP contribution in [0, 0.1) is 17.8 Å². The molecular formula is C11H19NO. The minimum atomic E-state index is -0.169. The Balaban J connectivity index is 2.82. The van der Waals surface area contributed by atoms with Gasteiger partial charge in [-0.15, -0.1) is 0 Å². The van der Waals surface area contributed by atoms with Crippen LogP contribution in [0.2, 0.25) is 0 Å². The number of amides is 1. The van der Waals surface area contributed by atoms with Crippen molar-refractivity contribution < 1.29 is 4.79 Å². The molecule has 0 aromatic heterocycles. The van der Waals surface area contributed by atoms with E-state index in [0.29, 0.717) is 11.8 Å². The summed E-state index contributed by atoms with van der Waals surface area (Å²) in [5.41, 5.74) is 6.68. The van der Waals surface area contributed by atoms with Gasteiger partial charge in [-0.1, -0.05) is 25.5 Å². The first-order valence-electron chi connectivity index (χ1n) is 4.99. The molecule has 1 amide bonds. The molecule has 2 atom stereocenters. The molecule has 0 aliphatic heterocycles. The molecular weight excluding hydrogens is 162 g/mol. The molecule has 2 N–H and O–H groups in total. The van der Waals surface area contributed by atoms with Gasteiger partial charge < -0.3 is 5.73 Å². The van der Waals surface area contributed by atoms with Crippen LogP contribution in [0.4, 0.5) is 0 Å². The fourth-order valence-corrected chi connectivity index (χ4v) is 2.13. The summed E-state index contributed by atoms with van der Waals surface area (Å²) in [6.07, 6.45) is 4.27. The van der Waals surface area contributed by atoms with Gasteiger partial charge in [0, 0.05) is 0 Å². The standard InChI is InChI=1S/C11H19NO/c1-7(2)9-5-4-8(3)6-10(9)11(12)13/h6-7,9-10H,4-5H2,1-3H3,(H2,12,13). The minimum absolute atomic E-state index is 0.0336. The Kier molecular flexibility index (Phi) is 3.12. The highest BCUT2D eigenvalue weighted by Crippen LogP contribution is 2.33. The third kappa shape index (κ3) is 2.33. The molecule has 1 aliphatic rings. The Morgan fingerprint density at radius 3 is 2.69 bits per heavy atom. The van der Waals surface area contributed by atoms with E-state index in [0.717, 1.165) is 12.8 Å². The van der Waals surface area contributed by atoms with E-state index in [-0.39, 0.29) is 11.8 Å². The lowest BCUT2D eigenvalue weighted by Crippen LogP contribution is -2.33. The Morgan fingerprint density at radius 1 is 1.62 bits per heavy atom. The van der Waals surface area contributed by atoms with Crippen LogP contribution in [0.25, 0.3) is 0 Å². The Morgan fingerprint density at radius 2 is 2.23 bits per heavy atom. The lowest BCUT2D eigenvalue weighted by Gasteiger charge is -2.30. The molecule has 0 aromatic rings. The van der Waals surface area contributed by atoms with E-state index in [1.165, 1.54) is 5.57 Å². The van der Waals surface area contributed by atoms with Gasteiger partial charge in [-0.3, -0.25) is 4.79 Å². The van der Waals surface area contributed by atoms with Crippen LogP contribution in [-0.4, -0.2) is 5.91 Å². The largest absolute Gasteiger partial charge is 0.369 e. The monoisotopic (exact) mass is 181 g/mol. The maximum Gasteiger partial charge on any atom is 0.224 e. The maximum absolute atomic E-state index is 11.2. The zero-order chi connectivity index (χ0) is 10.0. The van der Waals surface area contributed by atoms with E-state index >= 15 is 0 Å². The van der Waals surface area contributed by atoms with Gasteiger partial charge in [-0.25, -0.2) is 0 Å². The zero-order valence-corrected chi connectivity index (χ0v) is 8.71. The maximum atomic E-state index is 11.2. The predicted molar refractivity (Wildman–Crippen MR) is 54.0 cm³/mol. The van der Waals surface area contributed by atoms with Gasteiger partial charge >= 0.3 is 0 Å². The molecule has 0 spiro atoms. The van der Waals surface area contributed by atoms with Crippen LogP contribution in [0.15, 0.2) is 11.6 Å². The van der Waals surface area contributed by atoms with Crippen LogP contribution in [0.5, 0.6) is 0 Å². The van der Waals surface area contributed by atoms with E-state index in [9.17, 15) is 4.79 Å². The summed E-state index contributed by atoms with van der Waals surface area (Å²) in [5, 5.41) is 0. The van der Waals surface area contributed by atoms with Gasteiger partial charge in [0.1, 0.15) is 0 Å². The number of carbonyl (C=O) groups excluding carboxylic acids is 1. The molecule has 1 aliphatic carbocycles. The lowest BCUT2D eigenvalue weighted by atomic mass is 9.75. The van der Waals surface area contributed by atoms with Crippen molar-refractivity contribution in [2.45, 2.75) is 33.6 Å². The topological polar surface area (TPSA) is 43.1 Å². The van der Waals surface area contributed by atoms with Gasteiger partial charge in [-0.05, 0) is 31.6 Å². The Labute approximate surface area is 80.2 Å². The fourth-order valence-electron chi connectivity index (χ4n) is 2.13. The van der Waals surface area contributed by atoms with Gasteiger partial charge in [-0.2, -0.15) is 0 Å². The highest BCUT2D eigenvalue weighted by molar-refractivity contribution is 5.79. The van der Waals surface area contributed by atoms with Crippen LogP contribution in [0.1, 0.15) is 33.6 Å². The van der Waals surface area contributed by atoms with E-state index < -0.39 is 0 Å². The summed E-state index contributed by atoms with van der Waals surface area (Å²) in [6.45, 7) is 6.40. The number of primary amides is 1. The summed E-state index contributed by atoms with van der Waals surface area (Å²) in [4.78, 5) is 11.2. The van der Waals surface area contributed by atoms with Gasteiger partial charge in [0.25, 0.3) is 0 Å². The average molecular weight is 181 g/mol. The van der Waals surface area contributed by atoms with Crippen LogP contribution >= 0.6 is 0 Å². The Hall–Kier alpha value is -0.790. The number of rotatable bonds is 2. The van der Waals surface area contributed by atoms with Crippen molar-refractivity contribution in [2.24, 2.45) is 23.5 Å². The summed E-state index contributed by atoms with van der Waals surface area (Å²) < 4.78 is 0. The van der Waals surface area contributed by atoms with Crippen molar-refractivity contribution in [2.75, 3.05) is 0 Å². The molecule has 0 saturated carbocycles. The molecule has 2 heteroatoms. The summed E-state index contributed by atoms with van der Waals surface area (Å²) >= 11 is 0. The first-order valence-corrected chi connectivity index (χ1v) is 4.99. The number of allylic oxidation sites excluding steroid dienone is 1. The smallest absolute Gasteiger partial charge is 0.224 e. The predicted octanol–water partition coefficient (Wildman–Crippen LogP) is 2.10. The van der Waals surface area contributed by atoms with E-state index in [1.54, 1.807) is 0 Å². The van der Waals surface area contributed by atoms with E-state index in [4.69, 9.17) is 5.73 Å². The fraction of sp³-hybridized carbons (Fsp3) is 0.727. The molecule has 0 bridgehead atoms. The summed E-state index contributed by atoms with van der Waals surface area (Å²) in [5.74, 6) is 0.787. The second-order valence-corrected chi connectivity index (χ2v) is 4.39. The van der Waals surface area contributed by atoms with Crippen molar-refractivity contribution in [3.05, 3.63) is 11.6 Å². The molecule has 13 heavy (non-hydrogen) atoms. The lowest BCUT2D eigenvalue weighted by molar-refractivity contribution is -0.122. The van der Waals surface area contributed by atoms with Crippen molar-refractivity contribution in [1.82, 2.24) is 0 Å². The second kappa shape index (κ2) is 3.95. The van der Waals surface area contributed by atoms with E-state index in [2.05, 4.69) is 26.8 Å². The molecule has 0 radical (unpaired) electrons. The molecule has 2 nitrogen and oxygen atoms in total. The minimum Gasteiger partial charge on any atom is -0.369 e. The summed E-state index contributed by atoms with van der Waals surface area (Å²) in [6, 6.07) is 0. The number of nitrogens with two attached hydrogens (primary N) is 1. The highest BCUT2D eigenvalue weighted by atomic mass is 16.1. The third-order valence-corrected chi connectivity index (χ3v) is 2.98. The van der Waals surface area contributed by atoms with Crippen molar-refractivity contribution in [3.8, 4) is 0 Å². The highest BCUT2D eigenvalue weighted by Gasteiger charge is 2.29.